The van der Waals surface area contributed by atoms with Crippen molar-refractivity contribution in [3.8, 4) is 0 Å². The fourth-order valence-electron chi connectivity index (χ4n) is 3.99. The van der Waals surface area contributed by atoms with Gasteiger partial charge in [0, 0.05) is 31.0 Å². The Balaban J connectivity index is 1.25. The molecule has 0 saturated carbocycles. The van der Waals surface area contributed by atoms with Crippen molar-refractivity contribution >= 4 is 11.5 Å². The summed E-state index contributed by atoms with van der Waals surface area (Å²) >= 11 is 0. The molecule has 28 heavy (non-hydrogen) atoms. The first-order valence-electron chi connectivity index (χ1n) is 10.0. The Hall–Kier alpha value is -2.48. The Morgan fingerprint density at radius 1 is 1.18 bits per heavy atom. The molecule has 3 aromatic heterocycles. The second-order valence-corrected chi connectivity index (χ2v) is 9.04. The molecule has 1 saturated heterocycles. The summed E-state index contributed by atoms with van der Waals surface area (Å²) in [6.45, 7) is 9.04. The second kappa shape index (κ2) is 6.27. The highest BCUT2D eigenvalue weighted by Gasteiger charge is 2.32. The lowest BCUT2D eigenvalue weighted by Crippen LogP contribution is -2.58. The number of anilines is 1. The third-order valence-corrected chi connectivity index (χ3v) is 5.75. The lowest BCUT2D eigenvalue weighted by molar-refractivity contribution is 0.179. The van der Waals surface area contributed by atoms with E-state index in [1.807, 2.05) is 16.6 Å². The van der Waals surface area contributed by atoms with E-state index in [-0.39, 0.29) is 5.41 Å². The molecule has 3 aromatic rings. The van der Waals surface area contributed by atoms with Crippen molar-refractivity contribution < 1.29 is 4.42 Å². The molecule has 2 aliphatic rings. The maximum Gasteiger partial charge on any atom is 0.208 e. The number of hydrogen-bond donors (Lipinski definition) is 0. The van der Waals surface area contributed by atoms with E-state index in [1.165, 1.54) is 12.1 Å². The third kappa shape index (κ3) is 2.96. The van der Waals surface area contributed by atoms with E-state index >= 15 is 0 Å². The molecule has 0 aromatic carbocycles. The van der Waals surface area contributed by atoms with Gasteiger partial charge in [0.15, 0.2) is 11.5 Å². The predicted octanol–water partition coefficient (Wildman–Crippen LogP) is 2.22. The largest absolute Gasteiger partial charge is 0.444 e. The number of hydrogen-bond acceptors (Lipinski definition) is 7. The minimum Gasteiger partial charge on any atom is -0.444 e. The average molecular weight is 381 g/mol. The SMILES string of the molecule is CN(Cc1nc2c(o1)CCC2)C1CN(c2ccc3nnc(C(C)(C)C)n3n2)C1. The van der Waals surface area contributed by atoms with Gasteiger partial charge in [-0.15, -0.1) is 15.3 Å². The predicted molar refractivity (Wildman–Crippen MR) is 105 cm³/mol. The number of oxazole rings is 1. The van der Waals surface area contributed by atoms with Crippen molar-refractivity contribution in [2.75, 3.05) is 25.0 Å². The quantitative estimate of drug-likeness (QED) is 0.686. The fourth-order valence-corrected chi connectivity index (χ4v) is 3.99. The van der Waals surface area contributed by atoms with Gasteiger partial charge in [-0.25, -0.2) is 4.98 Å². The maximum absolute atomic E-state index is 5.92. The van der Waals surface area contributed by atoms with E-state index in [4.69, 9.17) is 9.52 Å². The van der Waals surface area contributed by atoms with Gasteiger partial charge in [0.2, 0.25) is 5.89 Å². The molecule has 8 heteroatoms. The minimum atomic E-state index is -0.0981. The summed E-state index contributed by atoms with van der Waals surface area (Å²) in [5, 5.41) is 13.4. The van der Waals surface area contributed by atoms with Gasteiger partial charge < -0.3 is 9.32 Å². The van der Waals surface area contributed by atoms with Crippen LogP contribution in [0.15, 0.2) is 16.5 Å². The Morgan fingerprint density at radius 3 is 2.75 bits per heavy atom. The van der Waals surface area contributed by atoms with Crippen LogP contribution >= 0.6 is 0 Å². The lowest BCUT2D eigenvalue weighted by Gasteiger charge is -2.44. The Kier molecular flexibility index (Phi) is 3.94. The first kappa shape index (κ1) is 17.6. The van der Waals surface area contributed by atoms with Crippen LogP contribution in [-0.2, 0) is 24.8 Å². The molecule has 8 nitrogen and oxygen atoms in total. The number of aryl methyl sites for hydroxylation is 2. The molecular formula is C20H27N7O. The first-order valence-corrected chi connectivity index (χ1v) is 10.0. The molecule has 1 aliphatic carbocycles. The molecule has 1 aliphatic heterocycles. The highest BCUT2D eigenvalue weighted by Crippen LogP contribution is 2.26. The van der Waals surface area contributed by atoms with E-state index in [0.717, 1.165) is 61.4 Å². The summed E-state index contributed by atoms with van der Waals surface area (Å²) in [6.07, 6.45) is 3.28. The first-order chi connectivity index (χ1) is 13.4. The lowest BCUT2D eigenvalue weighted by atomic mass is 9.96. The van der Waals surface area contributed by atoms with E-state index in [0.29, 0.717) is 6.04 Å². The summed E-state index contributed by atoms with van der Waals surface area (Å²) in [5.74, 6) is 3.80. The van der Waals surface area contributed by atoms with Crippen molar-refractivity contribution in [2.45, 2.75) is 58.0 Å². The van der Waals surface area contributed by atoms with Crippen LogP contribution in [-0.4, -0.2) is 55.9 Å². The molecule has 0 atom stereocenters. The van der Waals surface area contributed by atoms with E-state index < -0.39 is 0 Å². The number of likely N-dealkylation sites (N-methyl/N-ethyl adjacent to an activating group) is 1. The van der Waals surface area contributed by atoms with Crippen LogP contribution in [0.5, 0.6) is 0 Å². The normalized spacial score (nSPS) is 17.5. The molecule has 0 radical (unpaired) electrons. The van der Waals surface area contributed by atoms with Gasteiger partial charge in [-0.3, -0.25) is 4.90 Å². The van der Waals surface area contributed by atoms with Crippen LogP contribution < -0.4 is 4.90 Å². The summed E-state index contributed by atoms with van der Waals surface area (Å²) in [5.41, 5.74) is 1.86. The van der Waals surface area contributed by atoms with Crippen LogP contribution in [0, 0.1) is 0 Å². The average Bonchev–Trinajstić information content (AvgIpc) is 3.26. The number of rotatable bonds is 4. The Labute approximate surface area is 164 Å². The molecule has 148 valence electrons. The van der Waals surface area contributed by atoms with Gasteiger partial charge in [0.05, 0.1) is 12.2 Å². The molecule has 1 fully saturated rings. The zero-order chi connectivity index (χ0) is 19.5. The summed E-state index contributed by atoms with van der Waals surface area (Å²) in [7, 11) is 2.14. The number of aromatic nitrogens is 5. The molecule has 0 bridgehead atoms. The van der Waals surface area contributed by atoms with Gasteiger partial charge >= 0.3 is 0 Å². The van der Waals surface area contributed by atoms with Gasteiger partial charge in [0.25, 0.3) is 0 Å². The number of nitrogens with zero attached hydrogens (tertiary/aromatic N) is 7. The molecular weight excluding hydrogens is 354 g/mol. The van der Waals surface area contributed by atoms with Gasteiger partial charge in [-0.05, 0) is 32.0 Å². The highest BCUT2D eigenvalue weighted by molar-refractivity contribution is 5.48. The second-order valence-electron chi connectivity index (χ2n) is 9.04. The van der Waals surface area contributed by atoms with Gasteiger partial charge in [0.1, 0.15) is 11.6 Å². The molecule has 0 amide bonds. The molecule has 0 unspecified atom stereocenters. The van der Waals surface area contributed by atoms with Crippen LogP contribution in [0.25, 0.3) is 5.65 Å². The standard InChI is InChI=1S/C20H27N7O/c1-20(2,3)19-23-22-16-8-9-17(24-27(16)19)26-10-13(11-26)25(4)12-18-21-14-6-5-7-15(14)28-18/h8-9,13H,5-7,10-12H2,1-4H3. The molecule has 4 heterocycles. The van der Waals surface area contributed by atoms with E-state index in [9.17, 15) is 0 Å². The van der Waals surface area contributed by atoms with E-state index in [1.54, 1.807) is 0 Å². The number of fused-ring (bicyclic) bond motifs is 2. The van der Waals surface area contributed by atoms with Gasteiger partial charge in [-0.1, -0.05) is 20.8 Å². The minimum absolute atomic E-state index is 0.0981. The smallest absolute Gasteiger partial charge is 0.208 e. The van der Waals surface area contributed by atoms with Crippen LogP contribution in [0.4, 0.5) is 5.82 Å². The molecule has 0 N–H and O–H groups in total. The van der Waals surface area contributed by atoms with Crippen LogP contribution in [0.3, 0.4) is 0 Å². The van der Waals surface area contributed by atoms with Crippen molar-refractivity contribution in [3.63, 3.8) is 0 Å². The van der Waals surface area contributed by atoms with Crippen molar-refractivity contribution in [2.24, 2.45) is 0 Å². The van der Waals surface area contributed by atoms with Crippen molar-refractivity contribution in [3.05, 3.63) is 35.3 Å². The Bertz CT molecular complexity index is 988. The molecule has 0 spiro atoms. The zero-order valence-electron chi connectivity index (χ0n) is 17.0. The fraction of sp³-hybridized carbons (Fsp3) is 0.600. The Morgan fingerprint density at radius 2 is 2.00 bits per heavy atom. The summed E-state index contributed by atoms with van der Waals surface area (Å²) in [6, 6.07) is 4.50. The monoisotopic (exact) mass is 381 g/mol. The topological polar surface area (TPSA) is 75.6 Å². The van der Waals surface area contributed by atoms with E-state index in [2.05, 4.69) is 52.8 Å². The van der Waals surface area contributed by atoms with Crippen LogP contribution in [0.1, 0.15) is 50.4 Å². The van der Waals surface area contributed by atoms with Gasteiger partial charge in [-0.2, -0.15) is 4.52 Å². The zero-order valence-corrected chi connectivity index (χ0v) is 17.0. The van der Waals surface area contributed by atoms with Crippen molar-refractivity contribution in [1.82, 2.24) is 29.7 Å². The summed E-state index contributed by atoms with van der Waals surface area (Å²) in [4.78, 5) is 9.28. The summed E-state index contributed by atoms with van der Waals surface area (Å²) < 4.78 is 7.79. The van der Waals surface area contributed by atoms with Crippen molar-refractivity contribution in [1.29, 1.82) is 0 Å². The molecule has 5 rings (SSSR count). The van der Waals surface area contributed by atoms with Crippen LogP contribution in [0.2, 0.25) is 0 Å². The maximum atomic E-state index is 5.92. The third-order valence-electron chi connectivity index (χ3n) is 5.75. The highest BCUT2D eigenvalue weighted by atomic mass is 16.4.